The fourth-order valence-electron chi connectivity index (χ4n) is 2.37. The van der Waals surface area contributed by atoms with Crippen molar-refractivity contribution in [3.05, 3.63) is 11.8 Å². The Morgan fingerprint density at radius 3 is 3.11 bits per heavy atom. The average Bonchev–Trinajstić information content (AvgIpc) is 2.75. The lowest BCUT2D eigenvalue weighted by Crippen LogP contribution is -2.44. The van der Waals surface area contributed by atoms with Gasteiger partial charge in [-0.1, -0.05) is 11.6 Å². The summed E-state index contributed by atoms with van der Waals surface area (Å²) in [5, 5.41) is 9.94. The largest absolute Gasteiger partial charge is 0.360 e. The number of carbonyl (C=O) groups excluding carboxylic acids is 1. The van der Waals surface area contributed by atoms with Gasteiger partial charge in [-0.15, -0.1) is 0 Å². The molecular weight excluding hydrogens is 244 g/mol. The Kier molecular flexibility index (Phi) is 4.93. The van der Waals surface area contributed by atoms with Crippen LogP contribution in [0, 0.1) is 6.92 Å². The third kappa shape index (κ3) is 4.65. The molecule has 1 fully saturated rings. The van der Waals surface area contributed by atoms with Gasteiger partial charge in [-0.3, -0.25) is 9.69 Å². The van der Waals surface area contributed by atoms with Gasteiger partial charge in [0.25, 0.3) is 0 Å². The summed E-state index contributed by atoms with van der Waals surface area (Å²) < 4.78 is 4.90. The number of likely N-dealkylation sites (N-methyl/N-ethyl adjacent to an activating group) is 1. The van der Waals surface area contributed by atoms with E-state index >= 15 is 0 Å². The molecule has 6 heteroatoms. The Hall–Kier alpha value is -1.40. The first-order valence-corrected chi connectivity index (χ1v) is 6.78. The number of aryl methyl sites for hydroxylation is 1. The first-order chi connectivity index (χ1) is 9.13. The van der Waals surface area contributed by atoms with E-state index in [0.29, 0.717) is 24.2 Å². The fraction of sp³-hybridized carbons (Fsp3) is 0.692. The molecule has 0 bridgehead atoms. The summed E-state index contributed by atoms with van der Waals surface area (Å²) in [5.74, 6) is 1.10. The number of nitrogens with zero attached hydrogens (tertiary/aromatic N) is 2. The number of hydrogen-bond donors (Lipinski definition) is 2. The highest BCUT2D eigenvalue weighted by atomic mass is 16.5. The molecule has 1 aliphatic heterocycles. The molecule has 2 N–H and O–H groups in total. The third-order valence-corrected chi connectivity index (χ3v) is 3.25. The summed E-state index contributed by atoms with van der Waals surface area (Å²) in [6, 6.07) is 2.21. The van der Waals surface area contributed by atoms with E-state index in [1.807, 2.05) is 11.9 Å². The van der Waals surface area contributed by atoms with Crippen LogP contribution >= 0.6 is 0 Å². The van der Waals surface area contributed by atoms with Crippen LogP contribution in [0.4, 0.5) is 5.82 Å². The van der Waals surface area contributed by atoms with E-state index in [1.165, 1.54) is 19.3 Å². The smallest absolute Gasteiger partial charge is 0.239 e. The SMILES string of the molecule is Cc1cc(NC(=O)CN(C)CC2CCCCN2)no1. The Labute approximate surface area is 113 Å². The summed E-state index contributed by atoms with van der Waals surface area (Å²) in [6.45, 7) is 4.14. The number of hydrogen-bond acceptors (Lipinski definition) is 5. The summed E-state index contributed by atoms with van der Waals surface area (Å²) in [6.07, 6.45) is 3.72. The molecule has 0 aromatic carbocycles. The highest BCUT2D eigenvalue weighted by Gasteiger charge is 2.16. The third-order valence-electron chi connectivity index (χ3n) is 3.25. The number of anilines is 1. The van der Waals surface area contributed by atoms with Gasteiger partial charge in [-0.05, 0) is 33.4 Å². The van der Waals surface area contributed by atoms with Gasteiger partial charge in [-0.25, -0.2) is 0 Å². The van der Waals surface area contributed by atoms with Crippen LogP contribution in [-0.4, -0.2) is 48.7 Å². The van der Waals surface area contributed by atoms with Crippen molar-refractivity contribution >= 4 is 11.7 Å². The van der Waals surface area contributed by atoms with Gasteiger partial charge in [0, 0.05) is 18.7 Å². The van der Waals surface area contributed by atoms with Crippen molar-refractivity contribution in [3.8, 4) is 0 Å². The lowest BCUT2D eigenvalue weighted by Gasteiger charge is -2.27. The molecule has 106 valence electrons. The van der Waals surface area contributed by atoms with Crippen molar-refractivity contribution in [2.75, 3.05) is 32.0 Å². The van der Waals surface area contributed by atoms with E-state index in [0.717, 1.165) is 13.1 Å². The summed E-state index contributed by atoms with van der Waals surface area (Å²) in [4.78, 5) is 13.9. The average molecular weight is 266 g/mol. The monoisotopic (exact) mass is 266 g/mol. The molecule has 0 saturated carbocycles. The first kappa shape index (κ1) is 14.0. The van der Waals surface area contributed by atoms with Crippen LogP contribution in [-0.2, 0) is 4.79 Å². The normalized spacial score (nSPS) is 19.6. The topological polar surface area (TPSA) is 70.4 Å². The highest BCUT2D eigenvalue weighted by Crippen LogP contribution is 2.09. The van der Waals surface area contributed by atoms with Crippen molar-refractivity contribution in [1.29, 1.82) is 0 Å². The van der Waals surface area contributed by atoms with E-state index in [1.54, 1.807) is 13.0 Å². The molecule has 1 aliphatic rings. The molecule has 6 nitrogen and oxygen atoms in total. The van der Waals surface area contributed by atoms with Crippen molar-refractivity contribution in [2.45, 2.75) is 32.2 Å². The van der Waals surface area contributed by atoms with Gasteiger partial charge in [0.1, 0.15) is 5.76 Å². The molecule has 1 aromatic rings. The van der Waals surface area contributed by atoms with Crippen molar-refractivity contribution in [1.82, 2.24) is 15.4 Å². The molecule has 19 heavy (non-hydrogen) atoms. The van der Waals surface area contributed by atoms with Crippen molar-refractivity contribution in [3.63, 3.8) is 0 Å². The molecule has 0 spiro atoms. The maximum Gasteiger partial charge on any atom is 0.239 e. The molecule has 2 rings (SSSR count). The van der Waals surface area contributed by atoms with Gasteiger partial charge in [0.2, 0.25) is 5.91 Å². The number of nitrogens with one attached hydrogen (secondary N) is 2. The lowest BCUT2D eigenvalue weighted by atomic mass is 10.0. The zero-order chi connectivity index (χ0) is 13.7. The van der Waals surface area contributed by atoms with Gasteiger partial charge >= 0.3 is 0 Å². The molecule has 1 saturated heterocycles. The lowest BCUT2D eigenvalue weighted by molar-refractivity contribution is -0.117. The van der Waals surface area contributed by atoms with Crippen molar-refractivity contribution < 1.29 is 9.32 Å². The molecule has 2 heterocycles. The Morgan fingerprint density at radius 2 is 2.47 bits per heavy atom. The van der Waals surface area contributed by atoms with E-state index < -0.39 is 0 Å². The highest BCUT2D eigenvalue weighted by molar-refractivity contribution is 5.91. The Balaban J connectivity index is 1.71. The second-order valence-corrected chi connectivity index (χ2v) is 5.21. The zero-order valence-electron chi connectivity index (χ0n) is 11.6. The quantitative estimate of drug-likeness (QED) is 0.832. The van der Waals surface area contributed by atoms with Crippen molar-refractivity contribution in [2.24, 2.45) is 0 Å². The number of carbonyl (C=O) groups is 1. The standard InChI is InChI=1S/C13H22N4O2/c1-10-7-12(16-19-10)15-13(18)9-17(2)8-11-5-3-4-6-14-11/h7,11,14H,3-6,8-9H2,1-2H3,(H,15,16,18). The first-order valence-electron chi connectivity index (χ1n) is 6.78. The number of rotatable bonds is 5. The fourth-order valence-corrected chi connectivity index (χ4v) is 2.37. The molecular formula is C13H22N4O2. The predicted octanol–water partition coefficient (Wildman–Crippen LogP) is 0.995. The summed E-state index contributed by atoms with van der Waals surface area (Å²) in [7, 11) is 1.96. The predicted molar refractivity (Wildman–Crippen MR) is 73.0 cm³/mol. The van der Waals surface area contributed by atoms with E-state index in [9.17, 15) is 4.79 Å². The van der Waals surface area contributed by atoms with E-state index in [-0.39, 0.29) is 5.91 Å². The number of amides is 1. The molecule has 1 aromatic heterocycles. The Morgan fingerprint density at radius 1 is 1.63 bits per heavy atom. The Bertz CT molecular complexity index is 413. The molecule has 1 atom stereocenters. The van der Waals surface area contributed by atoms with E-state index in [4.69, 9.17) is 4.52 Å². The van der Waals surface area contributed by atoms with Crippen LogP contribution in [0.3, 0.4) is 0 Å². The van der Waals surface area contributed by atoms with Crippen LogP contribution in [0.2, 0.25) is 0 Å². The number of aromatic nitrogens is 1. The molecule has 0 aliphatic carbocycles. The number of piperidine rings is 1. The van der Waals surface area contributed by atoms with E-state index in [2.05, 4.69) is 15.8 Å². The minimum atomic E-state index is -0.0633. The summed E-state index contributed by atoms with van der Waals surface area (Å²) >= 11 is 0. The van der Waals surface area contributed by atoms with Crippen LogP contribution in [0.25, 0.3) is 0 Å². The molecule has 0 radical (unpaired) electrons. The minimum absolute atomic E-state index is 0.0633. The zero-order valence-corrected chi connectivity index (χ0v) is 11.6. The van der Waals surface area contributed by atoms with Crippen LogP contribution in [0.15, 0.2) is 10.6 Å². The maximum atomic E-state index is 11.8. The van der Waals surface area contributed by atoms with Gasteiger partial charge < -0.3 is 15.2 Å². The van der Waals surface area contributed by atoms with Gasteiger partial charge in [0.05, 0.1) is 6.54 Å². The molecule has 1 amide bonds. The summed E-state index contributed by atoms with van der Waals surface area (Å²) in [5.41, 5.74) is 0. The minimum Gasteiger partial charge on any atom is -0.360 e. The van der Waals surface area contributed by atoms with Gasteiger partial charge in [-0.2, -0.15) is 0 Å². The second kappa shape index (κ2) is 6.68. The second-order valence-electron chi connectivity index (χ2n) is 5.21. The van der Waals surface area contributed by atoms with Crippen LogP contribution < -0.4 is 10.6 Å². The maximum absolute atomic E-state index is 11.8. The van der Waals surface area contributed by atoms with Gasteiger partial charge in [0.15, 0.2) is 5.82 Å². The molecule has 1 unspecified atom stereocenters. The van der Waals surface area contributed by atoms with Crippen LogP contribution in [0.5, 0.6) is 0 Å². The van der Waals surface area contributed by atoms with Crippen LogP contribution in [0.1, 0.15) is 25.0 Å².